The Morgan fingerprint density at radius 1 is 0.719 bits per heavy atom. The molecule has 2 aromatic carbocycles. The number of hydrogen-bond donors (Lipinski definition) is 0. The van der Waals surface area contributed by atoms with Crippen LogP contribution in [0.25, 0.3) is 0 Å². The van der Waals surface area contributed by atoms with Crippen molar-refractivity contribution in [2.45, 2.75) is 58.3 Å². The summed E-state index contributed by atoms with van der Waals surface area (Å²) in [5.74, 6) is -4.21. The van der Waals surface area contributed by atoms with Crippen LogP contribution in [-0.2, 0) is 0 Å². The van der Waals surface area contributed by atoms with Crippen LogP contribution in [0.1, 0.15) is 63.9 Å². The molecule has 0 spiro atoms. The first-order chi connectivity index (χ1) is 15.5. The van der Waals surface area contributed by atoms with Gasteiger partial charge in [0.2, 0.25) is 17.5 Å². The lowest BCUT2D eigenvalue weighted by molar-refractivity contribution is 0.190. The van der Waals surface area contributed by atoms with Crippen LogP contribution in [0.15, 0.2) is 24.3 Å². The Kier molecular flexibility index (Phi) is 8.65. The predicted octanol–water partition coefficient (Wildman–Crippen LogP) is 7.17. The number of hydrogen-bond acceptors (Lipinski definition) is 3. The topological polar surface area (TPSA) is 27.7 Å². The molecule has 1 aliphatic carbocycles. The Labute approximate surface area is 186 Å². The van der Waals surface area contributed by atoms with Gasteiger partial charge in [0.25, 0.3) is 0 Å². The zero-order valence-corrected chi connectivity index (χ0v) is 18.6. The summed E-state index contributed by atoms with van der Waals surface area (Å²) in [5, 5.41) is 0. The van der Waals surface area contributed by atoms with Crippen LogP contribution in [-0.4, -0.2) is 19.8 Å². The van der Waals surface area contributed by atoms with Crippen molar-refractivity contribution in [3.63, 3.8) is 0 Å². The van der Waals surface area contributed by atoms with E-state index in [1.54, 1.807) is 13.0 Å². The monoisotopic (exact) mass is 454 g/mol. The minimum Gasteiger partial charge on any atom is -0.491 e. The fourth-order valence-corrected chi connectivity index (χ4v) is 4.04. The number of benzene rings is 2. The van der Waals surface area contributed by atoms with Gasteiger partial charge in [-0.15, -0.1) is 0 Å². The van der Waals surface area contributed by atoms with Gasteiger partial charge in [0.1, 0.15) is 0 Å². The van der Waals surface area contributed by atoms with Crippen LogP contribution in [0.4, 0.5) is 17.6 Å². The second-order valence-corrected chi connectivity index (χ2v) is 8.13. The maximum absolute atomic E-state index is 14.5. The highest BCUT2D eigenvalue weighted by molar-refractivity contribution is 5.35. The van der Waals surface area contributed by atoms with E-state index < -0.39 is 23.3 Å². The standard InChI is InChI=1S/C25H30F4O3/c1-3-5-14-31-20-12-13-21(25(29)24(20)28)32-15-16-6-8-17(9-7-16)18-10-11-19(30-4-2)23(27)22(18)26/h10-13,16-17H,3-9,14-15H2,1-2H3/t16-,17-. The van der Waals surface area contributed by atoms with Crippen LogP contribution in [0.2, 0.25) is 0 Å². The molecule has 0 saturated heterocycles. The van der Waals surface area contributed by atoms with E-state index in [9.17, 15) is 17.6 Å². The molecule has 0 heterocycles. The van der Waals surface area contributed by atoms with Gasteiger partial charge in [0, 0.05) is 0 Å². The van der Waals surface area contributed by atoms with Crippen LogP contribution >= 0.6 is 0 Å². The SMILES string of the molecule is CCCCOc1ccc(OC[C@H]2CC[C@H](c3ccc(OCC)c(F)c3F)CC2)c(F)c1F. The quantitative estimate of drug-likeness (QED) is 0.281. The van der Waals surface area contributed by atoms with Crippen LogP contribution in [0.5, 0.6) is 17.2 Å². The first-order valence-corrected chi connectivity index (χ1v) is 11.3. The van der Waals surface area contributed by atoms with Crippen molar-refractivity contribution in [1.29, 1.82) is 0 Å². The Hall–Kier alpha value is -2.44. The Morgan fingerprint density at radius 3 is 1.91 bits per heavy atom. The summed E-state index contributed by atoms with van der Waals surface area (Å²) in [6, 6.07) is 5.82. The van der Waals surface area contributed by atoms with Crippen molar-refractivity contribution in [1.82, 2.24) is 0 Å². The molecule has 3 rings (SSSR count). The van der Waals surface area contributed by atoms with E-state index in [1.165, 1.54) is 18.2 Å². The van der Waals surface area contributed by atoms with Crippen LogP contribution < -0.4 is 14.2 Å². The molecule has 1 saturated carbocycles. The molecule has 2 aromatic rings. The van der Waals surface area contributed by atoms with Crippen molar-refractivity contribution >= 4 is 0 Å². The van der Waals surface area contributed by atoms with Gasteiger partial charge in [0.15, 0.2) is 23.1 Å². The largest absolute Gasteiger partial charge is 0.491 e. The Morgan fingerprint density at radius 2 is 1.28 bits per heavy atom. The summed E-state index contributed by atoms with van der Waals surface area (Å²) in [7, 11) is 0. The zero-order valence-electron chi connectivity index (χ0n) is 18.6. The third-order valence-corrected chi connectivity index (χ3v) is 5.90. The second-order valence-electron chi connectivity index (χ2n) is 8.13. The number of unbranched alkanes of at least 4 members (excludes halogenated alkanes) is 1. The minimum atomic E-state index is -1.06. The lowest BCUT2D eigenvalue weighted by Gasteiger charge is -2.29. The van der Waals surface area contributed by atoms with E-state index in [-0.39, 0.29) is 42.3 Å². The average molecular weight is 455 g/mol. The fraction of sp³-hybridized carbons (Fsp3) is 0.520. The van der Waals surface area contributed by atoms with Crippen molar-refractivity contribution < 1.29 is 31.8 Å². The van der Waals surface area contributed by atoms with Crippen molar-refractivity contribution in [3.05, 3.63) is 53.1 Å². The maximum atomic E-state index is 14.5. The highest BCUT2D eigenvalue weighted by atomic mass is 19.2. The van der Waals surface area contributed by atoms with E-state index in [2.05, 4.69) is 0 Å². The first kappa shape index (κ1) is 24.2. The molecule has 0 unspecified atom stereocenters. The molecule has 0 aliphatic heterocycles. The highest BCUT2D eigenvalue weighted by Crippen LogP contribution is 2.39. The molecule has 0 N–H and O–H groups in total. The van der Waals surface area contributed by atoms with Gasteiger partial charge in [-0.05, 0) is 74.6 Å². The maximum Gasteiger partial charge on any atom is 0.204 e. The summed E-state index contributed by atoms with van der Waals surface area (Å²) < 4.78 is 73.1. The van der Waals surface area contributed by atoms with Crippen molar-refractivity contribution in [2.24, 2.45) is 5.92 Å². The van der Waals surface area contributed by atoms with E-state index in [4.69, 9.17) is 14.2 Å². The fourth-order valence-electron chi connectivity index (χ4n) is 4.04. The number of halogens is 4. The molecule has 0 radical (unpaired) electrons. The van der Waals surface area contributed by atoms with E-state index in [0.717, 1.165) is 25.7 Å². The molecule has 0 bridgehead atoms. The molecule has 0 aromatic heterocycles. The summed E-state index contributed by atoms with van der Waals surface area (Å²) in [6.45, 7) is 4.52. The van der Waals surface area contributed by atoms with Gasteiger partial charge in [-0.3, -0.25) is 0 Å². The van der Waals surface area contributed by atoms with Gasteiger partial charge >= 0.3 is 0 Å². The molecule has 7 heteroatoms. The summed E-state index contributed by atoms with van der Waals surface area (Å²) in [6.07, 6.45) is 4.43. The van der Waals surface area contributed by atoms with E-state index >= 15 is 0 Å². The normalized spacial score (nSPS) is 18.4. The predicted molar refractivity (Wildman–Crippen MR) is 114 cm³/mol. The first-order valence-electron chi connectivity index (χ1n) is 11.3. The second kappa shape index (κ2) is 11.4. The van der Waals surface area contributed by atoms with Crippen LogP contribution in [0, 0.1) is 29.2 Å². The van der Waals surface area contributed by atoms with Crippen molar-refractivity contribution in [3.8, 4) is 17.2 Å². The molecule has 32 heavy (non-hydrogen) atoms. The van der Waals surface area contributed by atoms with Gasteiger partial charge < -0.3 is 14.2 Å². The van der Waals surface area contributed by atoms with Crippen molar-refractivity contribution in [2.75, 3.05) is 19.8 Å². The summed E-state index contributed by atoms with van der Waals surface area (Å²) in [5.41, 5.74) is 0.358. The minimum absolute atomic E-state index is 0.0770. The highest BCUT2D eigenvalue weighted by Gasteiger charge is 2.27. The molecule has 1 fully saturated rings. The molecular formula is C25H30F4O3. The average Bonchev–Trinajstić information content (AvgIpc) is 2.80. The number of rotatable bonds is 10. The smallest absolute Gasteiger partial charge is 0.204 e. The molecule has 1 aliphatic rings. The Balaban J connectivity index is 1.54. The van der Waals surface area contributed by atoms with Gasteiger partial charge in [-0.25, -0.2) is 4.39 Å². The third-order valence-electron chi connectivity index (χ3n) is 5.90. The van der Waals surface area contributed by atoms with Gasteiger partial charge in [0.05, 0.1) is 19.8 Å². The summed E-state index contributed by atoms with van der Waals surface area (Å²) >= 11 is 0. The lowest BCUT2D eigenvalue weighted by atomic mass is 9.79. The molecule has 0 amide bonds. The third kappa shape index (κ3) is 5.67. The van der Waals surface area contributed by atoms with E-state index in [0.29, 0.717) is 25.0 Å². The molecule has 3 nitrogen and oxygen atoms in total. The van der Waals surface area contributed by atoms with Crippen LogP contribution in [0.3, 0.4) is 0 Å². The van der Waals surface area contributed by atoms with Gasteiger partial charge in [-0.2, -0.15) is 13.2 Å². The van der Waals surface area contributed by atoms with E-state index in [1.807, 2.05) is 6.92 Å². The summed E-state index contributed by atoms with van der Waals surface area (Å²) in [4.78, 5) is 0. The molecule has 176 valence electrons. The van der Waals surface area contributed by atoms with Gasteiger partial charge in [-0.1, -0.05) is 19.4 Å². The molecular weight excluding hydrogens is 424 g/mol. The number of ether oxygens (including phenoxy) is 3. The molecule has 0 atom stereocenters. The lowest BCUT2D eigenvalue weighted by Crippen LogP contribution is -2.20. The Bertz CT molecular complexity index is 895. The zero-order chi connectivity index (χ0) is 23.1.